The first-order valence-electron chi connectivity index (χ1n) is 7.81. The van der Waals surface area contributed by atoms with Crippen LogP contribution in [-0.2, 0) is 9.47 Å². The molecule has 0 saturated carbocycles. The number of likely N-dealkylation sites (tertiary alicyclic amines) is 1. The molecule has 1 aromatic carbocycles. The Labute approximate surface area is 126 Å². The van der Waals surface area contributed by atoms with Gasteiger partial charge in [0.1, 0.15) is 5.60 Å². The van der Waals surface area contributed by atoms with Crippen LogP contribution < -0.4 is 0 Å². The fraction of sp³-hybridized carbons (Fsp3) is 0.588. The van der Waals surface area contributed by atoms with Crippen LogP contribution in [0, 0.1) is 5.92 Å². The van der Waals surface area contributed by atoms with Gasteiger partial charge in [-0.1, -0.05) is 18.2 Å². The lowest BCUT2D eigenvalue weighted by atomic mass is 9.79. The van der Waals surface area contributed by atoms with Gasteiger partial charge in [-0.3, -0.25) is 4.79 Å². The monoisotopic (exact) mass is 289 g/mol. The molecule has 4 nitrogen and oxygen atoms in total. The molecule has 2 aliphatic heterocycles. The molecular formula is C17H23NO3. The summed E-state index contributed by atoms with van der Waals surface area (Å²) in [6, 6.07) is 9.47. The predicted molar refractivity (Wildman–Crippen MR) is 80.2 cm³/mol. The number of hydrogen-bond donors (Lipinski definition) is 0. The molecule has 0 aromatic heterocycles. The van der Waals surface area contributed by atoms with Crippen LogP contribution in [0.4, 0.5) is 0 Å². The molecule has 0 radical (unpaired) electrons. The Kier molecular flexibility index (Phi) is 4.27. The fourth-order valence-corrected chi connectivity index (χ4v) is 3.42. The minimum Gasteiger partial charge on any atom is -0.382 e. The average molecular weight is 289 g/mol. The summed E-state index contributed by atoms with van der Waals surface area (Å²) < 4.78 is 11.5. The van der Waals surface area contributed by atoms with E-state index in [9.17, 15) is 4.79 Å². The van der Waals surface area contributed by atoms with Gasteiger partial charge in [-0.05, 0) is 37.8 Å². The number of amides is 1. The predicted octanol–water partition coefficient (Wildman–Crippen LogP) is 2.34. The first-order valence-corrected chi connectivity index (χ1v) is 7.81. The summed E-state index contributed by atoms with van der Waals surface area (Å²) in [5.74, 6) is 0.629. The topological polar surface area (TPSA) is 38.8 Å². The first-order chi connectivity index (χ1) is 10.2. The number of ether oxygens (including phenoxy) is 2. The standard InChI is InChI=1S/C17H23NO3/c1-2-20-10-8-15-9-11-21-17(15)12-18(13-17)16(19)14-6-4-3-5-7-14/h3-7,15H,2,8-13H2,1H3. The van der Waals surface area contributed by atoms with Crippen LogP contribution in [0.1, 0.15) is 30.1 Å². The Balaban J connectivity index is 1.57. The zero-order chi connectivity index (χ0) is 14.7. The van der Waals surface area contributed by atoms with E-state index in [0.717, 1.165) is 51.3 Å². The Bertz CT molecular complexity index is 482. The SMILES string of the molecule is CCOCCC1CCOC12CN(C(=O)c1ccccc1)C2. The van der Waals surface area contributed by atoms with Gasteiger partial charge in [0.05, 0.1) is 13.1 Å². The summed E-state index contributed by atoms with van der Waals surface area (Å²) in [4.78, 5) is 14.3. The van der Waals surface area contributed by atoms with Crippen molar-refractivity contribution in [1.29, 1.82) is 0 Å². The smallest absolute Gasteiger partial charge is 0.254 e. The van der Waals surface area contributed by atoms with Crippen LogP contribution in [-0.4, -0.2) is 49.3 Å². The van der Waals surface area contributed by atoms with Crippen molar-refractivity contribution in [2.75, 3.05) is 32.9 Å². The summed E-state index contributed by atoms with van der Waals surface area (Å²) in [5.41, 5.74) is 0.651. The molecule has 2 aliphatic rings. The van der Waals surface area contributed by atoms with E-state index in [4.69, 9.17) is 9.47 Å². The Hall–Kier alpha value is -1.39. The molecule has 1 amide bonds. The molecule has 1 aromatic rings. The number of benzene rings is 1. The minimum atomic E-state index is -0.110. The van der Waals surface area contributed by atoms with Crippen molar-refractivity contribution in [2.45, 2.75) is 25.4 Å². The Morgan fingerprint density at radius 2 is 2.14 bits per heavy atom. The molecule has 2 fully saturated rings. The zero-order valence-electron chi connectivity index (χ0n) is 12.6. The first kappa shape index (κ1) is 14.5. The van der Waals surface area contributed by atoms with Crippen LogP contribution in [0.15, 0.2) is 30.3 Å². The summed E-state index contributed by atoms with van der Waals surface area (Å²) in [5, 5.41) is 0. The molecule has 0 bridgehead atoms. The normalized spacial score (nSPS) is 23.3. The molecule has 4 heteroatoms. The number of hydrogen-bond acceptors (Lipinski definition) is 3. The second-order valence-corrected chi connectivity index (χ2v) is 5.91. The molecule has 114 valence electrons. The van der Waals surface area contributed by atoms with Crippen LogP contribution in [0.5, 0.6) is 0 Å². The van der Waals surface area contributed by atoms with Gasteiger partial charge in [0, 0.05) is 25.4 Å². The average Bonchev–Trinajstić information content (AvgIpc) is 2.90. The molecule has 1 atom stereocenters. The third-order valence-corrected chi connectivity index (χ3v) is 4.64. The fourth-order valence-electron chi connectivity index (χ4n) is 3.42. The van der Waals surface area contributed by atoms with Crippen molar-refractivity contribution in [2.24, 2.45) is 5.92 Å². The molecule has 1 spiro atoms. The van der Waals surface area contributed by atoms with Crippen molar-refractivity contribution >= 4 is 5.91 Å². The second kappa shape index (κ2) is 6.16. The van der Waals surface area contributed by atoms with Crippen molar-refractivity contribution in [1.82, 2.24) is 4.90 Å². The van der Waals surface area contributed by atoms with Crippen molar-refractivity contribution < 1.29 is 14.3 Å². The van der Waals surface area contributed by atoms with Crippen molar-refractivity contribution in [3.8, 4) is 0 Å². The van der Waals surface area contributed by atoms with E-state index in [2.05, 4.69) is 0 Å². The molecule has 1 unspecified atom stereocenters. The highest BCUT2D eigenvalue weighted by Gasteiger charge is 2.54. The molecular weight excluding hydrogens is 266 g/mol. The molecule has 3 rings (SSSR count). The number of carbonyl (C=O) groups excluding carboxylic acids is 1. The maximum Gasteiger partial charge on any atom is 0.254 e. The lowest BCUT2D eigenvalue weighted by Crippen LogP contribution is -2.66. The maximum atomic E-state index is 12.4. The van der Waals surface area contributed by atoms with Crippen molar-refractivity contribution in [3.05, 3.63) is 35.9 Å². The van der Waals surface area contributed by atoms with E-state index >= 15 is 0 Å². The summed E-state index contributed by atoms with van der Waals surface area (Å²) in [7, 11) is 0. The van der Waals surface area contributed by atoms with Gasteiger partial charge in [-0.15, -0.1) is 0 Å². The Morgan fingerprint density at radius 3 is 2.86 bits per heavy atom. The van der Waals surface area contributed by atoms with Gasteiger partial charge in [-0.25, -0.2) is 0 Å². The van der Waals surface area contributed by atoms with Gasteiger partial charge < -0.3 is 14.4 Å². The molecule has 2 heterocycles. The number of carbonyl (C=O) groups is 1. The van der Waals surface area contributed by atoms with E-state index < -0.39 is 0 Å². The summed E-state index contributed by atoms with van der Waals surface area (Å²) in [6.07, 6.45) is 2.11. The molecule has 21 heavy (non-hydrogen) atoms. The highest BCUT2D eigenvalue weighted by atomic mass is 16.5. The Morgan fingerprint density at radius 1 is 1.38 bits per heavy atom. The minimum absolute atomic E-state index is 0.110. The number of nitrogens with zero attached hydrogens (tertiary/aromatic N) is 1. The van der Waals surface area contributed by atoms with Gasteiger partial charge in [-0.2, -0.15) is 0 Å². The van der Waals surface area contributed by atoms with Gasteiger partial charge in [0.2, 0.25) is 0 Å². The van der Waals surface area contributed by atoms with Crippen LogP contribution in [0.3, 0.4) is 0 Å². The van der Waals surface area contributed by atoms with E-state index in [1.807, 2.05) is 42.2 Å². The second-order valence-electron chi connectivity index (χ2n) is 5.91. The largest absolute Gasteiger partial charge is 0.382 e. The van der Waals surface area contributed by atoms with E-state index in [-0.39, 0.29) is 11.5 Å². The number of rotatable bonds is 5. The van der Waals surface area contributed by atoms with Crippen molar-refractivity contribution in [3.63, 3.8) is 0 Å². The van der Waals surface area contributed by atoms with Gasteiger partial charge >= 0.3 is 0 Å². The quantitative estimate of drug-likeness (QED) is 0.781. The van der Waals surface area contributed by atoms with E-state index in [1.54, 1.807) is 0 Å². The van der Waals surface area contributed by atoms with E-state index in [0.29, 0.717) is 5.92 Å². The van der Waals surface area contributed by atoms with Crippen LogP contribution in [0.2, 0.25) is 0 Å². The highest BCUT2D eigenvalue weighted by Crippen LogP contribution is 2.42. The lowest BCUT2D eigenvalue weighted by Gasteiger charge is -2.50. The highest BCUT2D eigenvalue weighted by molar-refractivity contribution is 5.94. The summed E-state index contributed by atoms with van der Waals surface area (Å²) in [6.45, 7) is 5.82. The van der Waals surface area contributed by atoms with Gasteiger partial charge in [0.25, 0.3) is 5.91 Å². The molecule has 0 aliphatic carbocycles. The molecule has 2 saturated heterocycles. The lowest BCUT2D eigenvalue weighted by molar-refractivity contribution is -0.120. The zero-order valence-corrected chi connectivity index (χ0v) is 12.6. The molecule has 0 N–H and O–H groups in total. The van der Waals surface area contributed by atoms with Crippen LogP contribution >= 0.6 is 0 Å². The van der Waals surface area contributed by atoms with E-state index in [1.165, 1.54) is 0 Å². The maximum absolute atomic E-state index is 12.4. The summed E-state index contributed by atoms with van der Waals surface area (Å²) >= 11 is 0. The van der Waals surface area contributed by atoms with Gasteiger partial charge in [0.15, 0.2) is 0 Å². The van der Waals surface area contributed by atoms with Crippen LogP contribution in [0.25, 0.3) is 0 Å². The third-order valence-electron chi connectivity index (χ3n) is 4.64. The third kappa shape index (κ3) is 2.83.